The van der Waals surface area contributed by atoms with Gasteiger partial charge in [-0.05, 0) is 32.0 Å². The average molecular weight is 492 g/mol. The second kappa shape index (κ2) is 9.20. The first-order valence-electron chi connectivity index (χ1n) is 11.0. The van der Waals surface area contributed by atoms with Crippen LogP contribution in [0.5, 0.6) is 0 Å². The van der Waals surface area contributed by atoms with Crippen LogP contribution in [0.3, 0.4) is 0 Å². The number of aromatic carboxylic acids is 1. The van der Waals surface area contributed by atoms with Gasteiger partial charge >= 0.3 is 5.97 Å². The van der Waals surface area contributed by atoms with Crippen LogP contribution >= 0.6 is 0 Å². The van der Waals surface area contributed by atoms with Crippen LogP contribution in [0.15, 0.2) is 41.3 Å². The van der Waals surface area contributed by atoms with Crippen LogP contribution < -0.4 is 15.8 Å². The molecule has 0 bridgehead atoms. The standard InChI is InChI=1S/C24H24F4N4O3/c1-13-20(31-9-7-24(27,28)8-10-31)30-21-17(11-15(19(25)26)12-32(21)22(13)33)14(2)29-18-6-4-3-5-16(18)23(34)35/h3-6,11-12,14,19,29H,7-10H2,1-2H3,(H,34,35)/t14-/m1/s1. The van der Waals surface area contributed by atoms with E-state index in [-0.39, 0.29) is 59.8 Å². The largest absolute Gasteiger partial charge is 0.478 e. The van der Waals surface area contributed by atoms with E-state index in [1.165, 1.54) is 19.1 Å². The van der Waals surface area contributed by atoms with E-state index in [1.54, 1.807) is 30.0 Å². The summed E-state index contributed by atoms with van der Waals surface area (Å²) in [5.41, 5.74) is -0.230. The molecule has 1 saturated heterocycles. The summed E-state index contributed by atoms with van der Waals surface area (Å²) in [7, 11) is 0. The number of carbonyl (C=O) groups is 1. The lowest BCUT2D eigenvalue weighted by atomic mass is 10.0. The number of fused-ring (bicyclic) bond motifs is 1. The average Bonchev–Trinajstić information content (AvgIpc) is 2.81. The highest BCUT2D eigenvalue weighted by Gasteiger charge is 2.35. The van der Waals surface area contributed by atoms with Crippen LogP contribution in [0.25, 0.3) is 5.65 Å². The summed E-state index contributed by atoms with van der Waals surface area (Å²) in [4.78, 5) is 30.9. The van der Waals surface area contributed by atoms with Crippen LogP contribution in [0.2, 0.25) is 0 Å². The molecule has 0 unspecified atom stereocenters. The quantitative estimate of drug-likeness (QED) is 0.469. The fraction of sp³-hybridized carbons (Fsp3) is 0.375. The van der Waals surface area contributed by atoms with Crippen molar-refractivity contribution >= 4 is 23.1 Å². The number of aromatic nitrogens is 2. The molecule has 1 fully saturated rings. The fourth-order valence-electron chi connectivity index (χ4n) is 4.26. The van der Waals surface area contributed by atoms with E-state index < -0.39 is 35.5 Å². The molecule has 0 spiro atoms. The van der Waals surface area contributed by atoms with Gasteiger partial charge in [-0.25, -0.2) is 27.3 Å². The van der Waals surface area contributed by atoms with Gasteiger partial charge in [-0.3, -0.25) is 9.20 Å². The number of hydrogen-bond acceptors (Lipinski definition) is 5. The van der Waals surface area contributed by atoms with E-state index in [9.17, 15) is 32.3 Å². The maximum Gasteiger partial charge on any atom is 0.337 e. The third kappa shape index (κ3) is 4.80. The number of piperidine rings is 1. The Balaban J connectivity index is 1.85. The molecule has 0 amide bonds. The number of anilines is 2. The van der Waals surface area contributed by atoms with Crippen molar-refractivity contribution in [2.45, 2.75) is 45.1 Å². The third-order valence-electron chi connectivity index (χ3n) is 6.22. The monoisotopic (exact) mass is 492 g/mol. The fourth-order valence-corrected chi connectivity index (χ4v) is 4.26. The molecule has 0 aliphatic carbocycles. The normalized spacial score (nSPS) is 16.5. The van der Waals surface area contributed by atoms with Gasteiger partial charge in [-0.1, -0.05) is 12.1 Å². The number of carboxylic acids is 1. The topological polar surface area (TPSA) is 86.9 Å². The lowest BCUT2D eigenvalue weighted by Gasteiger charge is -2.33. The van der Waals surface area contributed by atoms with Crippen molar-refractivity contribution in [3.05, 3.63) is 69.1 Å². The van der Waals surface area contributed by atoms with Gasteiger partial charge in [0.15, 0.2) is 0 Å². The Bertz CT molecular complexity index is 1330. The smallest absolute Gasteiger partial charge is 0.337 e. The van der Waals surface area contributed by atoms with E-state index in [0.717, 1.165) is 10.6 Å². The molecule has 186 valence electrons. The van der Waals surface area contributed by atoms with Crippen molar-refractivity contribution in [3.8, 4) is 0 Å². The molecule has 4 rings (SSSR count). The highest BCUT2D eigenvalue weighted by atomic mass is 19.3. The Kier molecular flexibility index (Phi) is 6.44. The zero-order valence-corrected chi connectivity index (χ0v) is 19.1. The first-order chi connectivity index (χ1) is 16.5. The zero-order chi connectivity index (χ0) is 25.5. The van der Waals surface area contributed by atoms with Gasteiger partial charge < -0.3 is 15.3 Å². The SMILES string of the molecule is Cc1c(N2CCC(F)(F)CC2)nc2c([C@@H](C)Nc3ccccc3C(=O)O)cc(C(F)F)cn2c1=O. The Morgan fingerprint density at radius 2 is 1.86 bits per heavy atom. The Morgan fingerprint density at radius 3 is 2.49 bits per heavy atom. The summed E-state index contributed by atoms with van der Waals surface area (Å²) in [6, 6.07) is 6.63. The minimum absolute atomic E-state index is 0.000689. The molecule has 35 heavy (non-hydrogen) atoms. The van der Waals surface area contributed by atoms with E-state index in [1.807, 2.05) is 0 Å². The first-order valence-corrected chi connectivity index (χ1v) is 11.0. The molecule has 2 N–H and O–H groups in total. The van der Waals surface area contributed by atoms with Crippen LogP contribution in [-0.2, 0) is 0 Å². The van der Waals surface area contributed by atoms with Crippen molar-refractivity contribution in [2.24, 2.45) is 0 Å². The maximum absolute atomic E-state index is 13.7. The lowest BCUT2D eigenvalue weighted by molar-refractivity contribution is -0.0221. The molecule has 1 aliphatic rings. The van der Waals surface area contributed by atoms with Gasteiger partial charge in [-0.15, -0.1) is 0 Å². The molecule has 1 aliphatic heterocycles. The zero-order valence-electron chi connectivity index (χ0n) is 19.1. The van der Waals surface area contributed by atoms with Gasteiger partial charge in [0.05, 0.1) is 17.2 Å². The predicted molar refractivity (Wildman–Crippen MR) is 123 cm³/mol. The van der Waals surface area contributed by atoms with E-state index in [0.29, 0.717) is 0 Å². The van der Waals surface area contributed by atoms with Crippen molar-refractivity contribution in [2.75, 3.05) is 23.3 Å². The summed E-state index contributed by atoms with van der Waals surface area (Å²) >= 11 is 0. The highest BCUT2D eigenvalue weighted by Crippen LogP contribution is 2.33. The minimum Gasteiger partial charge on any atom is -0.478 e. The van der Waals surface area contributed by atoms with Crippen molar-refractivity contribution in [1.29, 1.82) is 0 Å². The molecule has 11 heteroatoms. The number of halogens is 4. The summed E-state index contributed by atoms with van der Waals surface area (Å²) in [5.74, 6) is -3.72. The molecule has 3 aromatic rings. The number of pyridine rings is 1. The summed E-state index contributed by atoms with van der Waals surface area (Å²) in [6.07, 6.45) is -2.60. The van der Waals surface area contributed by atoms with Crippen molar-refractivity contribution in [3.63, 3.8) is 0 Å². The van der Waals surface area contributed by atoms with Gasteiger partial charge in [0, 0.05) is 48.9 Å². The van der Waals surface area contributed by atoms with E-state index in [4.69, 9.17) is 0 Å². The maximum atomic E-state index is 13.7. The Labute approximate surface area is 198 Å². The summed E-state index contributed by atoms with van der Waals surface area (Å²) in [6.45, 7) is 3.13. The predicted octanol–water partition coefficient (Wildman–Crippen LogP) is 5.05. The second-order valence-corrected chi connectivity index (χ2v) is 8.65. The minimum atomic E-state index is -2.87. The van der Waals surface area contributed by atoms with Gasteiger partial charge in [0.1, 0.15) is 11.5 Å². The number of benzene rings is 1. The molecule has 2 aromatic heterocycles. The summed E-state index contributed by atoms with van der Waals surface area (Å²) < 4.78 is 55.8. The second-order valence-electron chi connectivity index (χ2n) is 8.65. The lowest BCUT2D eigenvalue weighted by Crippen LogP contribution is -2.41. The van der Waals surface area contributed by atoms with Gasteiger partial charge in [0.2, 0.25) is 0 Å². The van der Waals surface area contributed by atoms with Crippen molar-refractivity contribution in [1.82, 2.24) is 9.38 Å². The van der Waals surface area contributed by atoms with Crippen LogP contribution in [0, 0.1) is 6.92 Å². The summed E-state index contributed by atoms with van der Waals surface area (Å²) in [5, 5.41) is 12.5. The number of alkyl halides is 4. The molecule has 3 heterocycles. The van der Waals surface area contributed by atoms with E-state index in [2.05, 4.69) is 10.3 Å². The number of carboxylic acid groups (broad SMARTS) is 1. The number of nitrogens with zero attached hydrogens (tertiary/aromatic N) is 3. The molecule has 0 saturated carbocycles. The van der Waals surface area contributed by atoms with Crippen LogP contribution in [-0.4, -0.2) is 39.5 Å². The van der Waals surface area contributed by atoms with Crippen LogP contribution in [0.4, 0.5) is 29.1 Å². The van der Waals surface area contributed by atoms with Crippen LogP contribution in [0.1, 0.15) is 59.3 Å². The molecule has 1 aromatic carbocycles. The Hall–Kier alpha value is -3.63. The number of hydrogen-bond donors (Lipinski definition) is 2. The molecule has 7 nitrogen and oxygen atoms in total. The number of para-hydroxylation sites is 1. The number of rotatable bonds is 6. The molecular formula is C24H24F4N4O3. The molecular weight excluding hydrogens is 468 g/mol. The molecule has 1 atom stereocenters. The van der Waals surface area contributed by atoms with Crippen molar-refractivity contribution < 1.29 is 27.5 Å². The highest BCUT2D eigenvalue weighted by molar-refractivity contribution is 5.94. The Morgan fingerprint density at radius 1 is 1.20 bits per heavy atom. The van der Waals surface area contributed by atoms with E-state index >= 15 is 0 Å². The van der Waals surface area contributed by atoms with Gasteiger partial charge in [-0.2, -0.15) is 0 Å². The first kappa shape index (κ1) is 24.5. The van der Waals surface area contributed by atoms with Gasteiger partial charge in [0.25, 0.3) is 17.9 Å². The number of nitrogens with one attached hydrogen (secondary N) is 1. The molecule has 0 radical (unpaired) electrons. The third-order valence-corrected chi connectivity index (χ3v) is 6.22.